The number of hydrogen-bond donors (Lipinski definition) is 1. The molecule has 0 atom stereocenters. The van der Waals surface area contributed by atoms with Crippen molar-refractivity contribution in [3.63, 3.8) is 0 Å². The van der Waals surface area contributed by atoms with E-state index in [1.54, 1.807) is 47.6 Å². The van der Waals surface area contributed by atoms with E-state index in [1.165, 1.54) is 7.05 Å². The third-order valence-electron chi connectivity index (χ3n) is 2.10. The number of imidazole rings is 1. The molecule has 0 fully saturated rings. The van der Waals surface area contributed by atoms with Crippen molar-refractivity contribution < 1.29 is 12.6 Å². The third-order valence-corrected chi connectivity index (χ3v) is 3.01. The van der Waals surface area contributed by atoms with Crippen molar-refractivity contribution in [1.29, 1.82) is 0 Å². The second-order valence-electron chi connectivity index (χ2n) is 3.21. The molecule has 7 heteroatoms. The number of aromatic nitrogens is 2. The smallest absolute Gasteiger partial charge is 0.371 e. The molecular formula is C10H11N3O3S. The molecule has 0 saturated heterocycles. The van der Waals surface area contributed by atoms with E-state index in [2.05, 4.69) is 9.71 Å². The number of nitrogens with one attached hydrogen (secondary N) is 1. The summed E-state index contributed by atoms with van der Waals surface area (Å²) in [5, 5.41) is 0. The Balaban J connectivity index is 2.19. The number of rotatable bonds is 4. The lowest BCUT2D eigenvalue weighted by Crippen LogP contribution is -2.24. The van der Waals surface area contributed by atoms with Gasteiger partial charge in [-0.15, -0.1) is 0 Å². The van der Waals surface area contributed by atoms with Crippen LogP contribution in [0.2, 0.25) is 0 Å². The van der Waals surface area contributed by atoms with Gasteiger partial charge in [0.05, 0.1) is 6.33 Å². The fourth-order valence-corrected chi connectivity index (χ4v) is 1.70. The van der Waals surface area contributed by atoms with Crippen LogP contribution in [0.25, 0.3) is 5.69 Å². The first kappa shape index (κ1) is 11.6. The van der Waals surface area contributed by atoms with Crippen molar-refractivity contribution in [2.75, 3.05) is 7.05 Å². The van der Waals surface area contributed by atoms with Crippen molar-refractivity contribution >= 4 is 10.3 Å². The van der Waals surface area contributed by atoms with Crippen molar-refractivity contribution in [2.24, 2.45) is 0 Å². The Bertz CT molecular complexity index is 576. The summed E-state index contributed by atoms with van der Waals surface area (Å²) in [7, 11) is -2.42. The quantitative estimate of drug-likeness (QED) is 0.871. The van der Waals surface area contributed by atoms with Gasteiger partial charge >= 0.3 is 10.3 Å². The largest absolute Gasteiger partial charge is 0.382 e. The Morgan fingerprint density at radius 3 is 2.53 bits per heavy atom. The van der Waals surface area contributed by atoms with Crippen molar-refractivity contribution in [3.8, 4) is 11.4 Å². The fourth-order valence-electron chi connectivity index (χ4n) is 1.25. The van der Waals surface area contributed by atoms with Crippen molar-refractivity contribution in [2.45, 2.75) is 0 Å². The SMILES string of the molecule is CNS(=O)(=O)Oc1ccc(-n2ccnc2)cc1. The van der Waals surface area contributed by atoms with Gasteiger partial charge in [-0.1, -0.05) is 0 Å². The summed E-state index contributed by atoms with van der Waals surface area (Å²) in [5.41, 5.74) is 0.872. The second-order valence-corrected chi connectivity index (χ2v) is 4.69. The Hall–Kier alpha value is -1.86. The van der Waals surface area contributed by atoms with Gasteiger partial charge in [0.1, 0.15) is 5.75 Å². The maximum Gasteiger partial charge on any atom is 0.382 e. The summed E-state index contributed by atoms with van der Waals surface area (Å²) in [4.78, 5) is 3.92. The third kappa shape index (κ3) is 2.83. The summed E-state index contributed by atoms with van der Waals surface area (Å²) in [6, 6.07) is 6.62. The van der Waals surface area contributed by atoms with E-state index in [9.17, 15) is 8.42 Å². The summed E-state index contributed by atoms with van der Waals surface area (Å²) in [5.74, 6) is 0.253. The average Bonchev–Trinajstić information content (AvgIpc) is 2.83. The molecule has 2 rings (SSSR count). The first-order chi connectivity index (χ1) is 8.11. The molecule has 0 aliphatic rings. The number of benzene rings is 1. The highest BCUT2D eigenvalue weighted by Crippen LogP contribution is 2.16. The highest BCUT2D eigenvalue weighted by atomic mass is 32.2. The zero-order chi connectivity index (χ0) is 12.3. The molecule has 0 saturated carbocycles. The minimum absolute atomic E-state index is 0.253. The highest BCUT2D eigenvalue weighted by Gasteiger charge is 2.08. The van der Waals surface area contributed by atoms with Crippen LogP contribution in [-0.2, 0) is 10.3 Å². The van der Waals surface area contributed by atoms with Gasteiger partial charge in [-0.25, -0.2) is 4.98 Å². The molecule has 0 amide bonds. The molecule has 90 valence electrons. The summed E-state index contributed by atoms with van der Waals surface area (Å²) in [6.07, 6.45) is 5.11. The van der Waals surface area contributed by atoms with Crippen LogP contribution < -0.4 is 8.91 Å². The molecular weight excluding hydrogens is 242 g/mol. The molecule has 6 nitrogen and oxygen atoms in total. The van der Waals surface area contributed by atoms with Gasteiger partial charge in [0.25, 0.3) is 0 Å². The van der Waals surface area contributed by atoms with Crippen molar-refractivity contribution in [1.82, 2.24) is 14.3 Å². The van der Waals surface area contributed by atoms with Gasteiger partial charge < -0.3 is 8.75 Å². The van der Waals surface area contributed by atoms with Crippen LogP contribution in [-0.4, -0.2) is 25.0 Å². The number of nitrogens with zero attached hydrogens (tertiary/aromatic N) is 2. The molecule has 0 aliphatic heterocycles. The van der Waals surface area contributed by atoms with E-state index >= 15 is 0 Å². The van der Waals surface area contributed by atoms with E-state index in [4.69, 9.17) is 4.18 Å². The lowest BCUT2D eigenvalue weighted by molar-refractivity contribution is 0.477. The first-order valence-corrected chi connectivity index (χ1v) is 6.23. The first-order valence-electron chi connectivity index (χ1n) is 4.82. The maximum atomic E-state index is 11.1. The van der Waals surface area contributed by atoms with E-state index < -0.39 is 10.3 Å². The van der Waals surface area contributed by atoms with E-state index in [-0.39, 0.29) is 5.75 Å². The molecule has 0 unspecified atom stereocenters. The maximum absolute atomic E-state index is 11.1. The molecule has 0 aliphatic carbocycles. The van der Waals surface area contributed by atoms with Crippen molar-refractivity contribution in [3.05, 3.63) is 43.0 Å². The van der Waals surface area contributed by atoms with Crippen LogP contribution in [0, 0.1) is 0 Å². The normalized spacial score (nSPS) is 11.4. The molecule has 17 heavy (non-hydrogen) atoms. The Labute approximate surface area is 99.1 Å². The van der Waals surface area contributed by atoms with Gasteiger partial charge in [-0.3, -0.25) is 0 Å². The molecule has 0 radical (unpaired) electrons. The molecule has 0 bridgehead atoms. The molecule has 1 aromatic heterocycles. The van der Waals surface area contributed by atoms with Gasteiger partial charge in [0.2, 0.25) is 0 Å². The Morgan fingerprint density at radius 1 is 1.29 bits per heavy atom. The predicted molar refractivity (Wildman–Crippen MR) is 62.2 cm³/mol. The molecule has 0 spiro atoms. The van der Waals surface area contributed by atoms with Gasteiger partial charge in [-0.2, -0.15) is 13.1 Å². The summed E-state index contributed by atoms with van der Waals surface area (Å²) in [6.45, 7) is 0. The van der Waals surface area contributed by atoms with Crippen LogP contribution in [0.15, 0.2) is 43.0 Å². The van der Waals surface area contributed by atoms with Crippen LogP contribution >= 0.6 is 0 Å². The Kier molecular flexibility index (Phi) is 3.12. The summed E-state index contributed by atoms with van der Waals surface area (Å²) < 4.78 is 30.9. The predicted octanol–water partition coefficient (Wildman–Crippen LogP) is 0.715. The molecule has 1 N–H and O–H groups in total. The summed E-state index contributed by atoms with van der Waals surface area (Å²) >= 11 is 0. The minimum Gasteiger partial charge on any atom is -0.371 e. The van der Waals surface area contributed by atoms with Crippen LogP contribution in [0.3, 0.4) is 0 Å². The minimum atomic E-state index is -3.71. The molecule has 2 aromatic rings. The van der Waals surface area contributed by atoms with Gasteiger partial charge in [0, 0.05) is 25.1 Å². The zero-order valence-electron chi connectivity index (χ0n) is 9.07. The van der Waals surface area contributed by atoms with Crippen LogP contribution in [0.5, 0.6) is 5.75 Å². The topological polar surface area (TPSA) is 73.2 Å². The van der Waals surface area contributed by atoms with E-state index in [0.29, 0.717) is 0 Å². The van der Waals surface area contributed by atoms with Crippen LogP contribution in [0.1, 0.15) is 0 Å². The molecule has 1 aromatic carbocycles. The fraction of sp³-hybridized carbons (Fsp3) is 0.100. The standard InChI is InChI=1S/C10H11N3O3S/c1-11-17(14,15)16-10-4-2-9(3-5-10)13-7-6-12-8-13/h2-8,11H,1H3. The van der Waals surface area contributed by atoms with E-state index in [0.717, 1.165) is 5.69 Å². The van der Waals surface area contributed by atoms with Gasteiger partial charge in [-0.05, 0) is 24.3 Å². The van der Waals surface area contributed by atoms with Gasteiger partial charge in [0.15, 0.2) is 0 Å². The second kappa shape index (κ2) is 4.56. The molecule has 1 heterocycles. The lowest BCUT2D eigenvalue weighted by Gasteiger charge is -2.06. The van der Waals surface area contributed by atoms with Crippen LogP contribution in [0.4, 0.5) is 0 Å². The zero-order valence-corrected chi connectivity index (χ0v) is 9.89. The Morgan fingerprint density at radius 2 is 2.00 bits per heavy atom. The highest BCUT2D eigenvalue weighted by molar-refractivity contribution is 7.85. The van der Waals surface area contributed by atoms with E-state index in [1.807, 2.05) is 0 Å². The lowest BCUT2D eigenvalue weighted by atomic mass is 10.3. The number of hydrogen-bond acceptors (Lipinski definition) is 4. The average molecular weight is 253 g/mol. The monoisotopic (exact) mass is 253 g/mol.